The number of likely N-dealkylation sites (tertiary alicyclic amines) is 1. The van der Waals surface area contributed by atoms with Crippen molar-refractivity contribution in [1.82, 2.24) is 10.2 Å². The van der Waals surface area contributed by atoms with Crippen molar-refractivity contribution in [2.45, 2.75) is 12.8 Å². The summed E-state index contributed by atoms with van der Waals surface area (Å²) in [5.41, 5.74) is -0.100. The Balaban J connectivity index is 2.00. The number of nitrogens with zero attached hydrogens (tertiary/aromatic N) is 2. The van der Waals surface area contributed by atoms with Gasteiger partial charge in [-0.1, -0.05) is 17.7 Å². The zero-order chi connectivity index (χ0) is 15.4. The van der Waals surface area contributed by atoms with Gasteiger partial charge in [-0.05, 0) is 38.4 Å². The van der Waals surface area contributed by atoms with Crippen molar-refractivity contribution < 1.29 is 9.72 Å². The third-order valence-corrected chi connectivity index (χ3v) is 4.09. The number of carbonyl (C=O) groups excluding carboxylic acids is 1. The second-order valence-corrected chi connectivity index (χ2v) is 5.75. The molecule has 1 heterocycles. The lowest BCUT2D eigenvalue weighted by molar-refractivity contribution is -0.384. The van der Waals surface area contributed by atoms with Crippen LogP contribution in [0.25, 0.3) is 0 Å². The van der Waals surface area contributed by atoms with Gasteiger partial charge in [-0.25, -0.2) is 0 Å². The van der Waals surface area contributed by atoms with Gasteiger partial charge in [0, 0.05) is 19.2 Å². The van der Waals surface area contributed by atoms with Crippen LogP contribution in [-0.4, -0.2) is 42.4 Å². The molecular weight excluding hydrogens is 294 g/mol. The van der Waals surface area contributed by atoms with Gasteiger partial charge in [-0.3, -0.25) is 14.9 Å². The Labute approximate surface area is 128 Å². The van der Waals surface area contributed by atoms with E-state index in [9.17, 15) is 14.9 Å². The van der Waals surface area contributed by atoms with Crippen LogP contribution in [0.5, 0.6) is 0 Å². The van der Waals surface area contributed by atoms with Gasteiger partial charge < -0.3 is 10.2 Å². The summed E-state index contributed by atoms with van der Waals surface area (Å²) in [6.45, 7) is 2.59. The highest BCUT2D eigenvalue weighted by atomic mass is 35.5. The molecule has 1 atom stereocenters. The maximum Gasteiger partial charge on any atom is 0.288 e. The second-order valence-electron chi connectivity index (χ2n) is 5.38. The van der Waals surface area contributed by atoms with E-state index in [1.807, 2.05) is 0 Å². The third-order valence-electron chi connectivity index (χ3n) is 3.69. The third kappa shape index (κ3) is 3.92. The lowest BCUT2D eigenvalue weighted by atomic mass is 9.98. The predicted molar refractivity (Wildman–Crippen MR) is 80.7 cm³/mol. The minimum atomic E-state index is -0.588. The number of nitrogens with one attached hydrogen (secondary N) is 1. The molecule has 0 bridgehead atoms. The maximum absolute atomic E-state index is 12.1. The SMILES string of the molecule is CN1CCCC(CNC(=O)c2cccc([N+](=O)[O-])c2Cl)C1. The van der Waals surface area contributed by atoms with Gasteiger partial charge in [0.15, 0.2) is 0 Å². The molecular formula is C14H18ClN3O3. The van der Waals surface area contributed by atoms with E-state index in [0.717, 1.165) is 25.9 Å². The zero-order valence-corrected chi connectivity index (χ0v) is 12.6. The van der Waals surface area contributed by atoms with Crippen molar-refractivity contribution in [3.63, 3.8) is 0 Å². The second kappa shape index (κ2) is 6.87. The zero-order valence-electron chi connectivity index (χ0n) is 11.8. The Morgan fingerprint density at radius 2 is 2.33 bits per heavy atom. The summed E-state index contributed by atoms with van der Waals surface area (Å²) < 4.78 is 0. The van der Waals surface area contributed by atoms with Crippen LogP contribution in [0.2, 0.25) is 5.02 Å². The lowest BCUT2D eigenvalue weighted by Gasteiger charge is -2.29. The van der Waals surface area contributed by atoms with Crippen molar-refractivity contribution in [1.29, 1.82) is 0 Å². The van der Waals surface area contributed by atoms with Crippen LogP contribution in [-0.2, 0) is 0 Å². The van der Waals surface area contributed by atoms with Crippen molar-refractivity contribution in [3.8, 4) is 0 Å². The number of nitro benzene ring substituents is 1. The molecule has 1 aromatic carbocycles. The number of hydrogen-bond acceptors (Lipinski definition) is 4. The largest absolute Gasteiger partial charge is 0.352 e. The molecule has 2 rings (SSSR count). The molecule has 1 aromatic rings. The molecule has 21 heavy (non-hydrogen) atoms. The topological polar surface area (TPSA) is 75.5 Å². The van der Waals surface area contributed by atoms with Crippen molar-refractivity contribution >= 4 is 23.2 Å². The first-order valence-corrected chi connectivity index (χ1v) is 7.26. The standard InChI is InChI=1S/C14H18ClN3O3/c1-17-7-3-4-10(9-17)8-16-14(19)11-5-2-6-12(13(11)15)18(20)21/h2,5-6,10H,3-4,7-9H2,1H3,(H,16,19). The Morgan fingerprint density at radius 1 is 1.57 bits per heavy atom. The summed E-state index contributed by atoms with van der Waals surface area (Å²) in [5, 5.41) is 13.5. The number of hydrogen-bond donors (Lipinski definition) is 1. The number of amides is 1. The van der Waals surface area contributed by atoms with Gasteiger partial charge in [0.25, 0.3) is 11.6 Å². The predicted octanol–water partition coefficient (Wildman–Crippen LogP) is 2.32. The van der Waals surface area contributed by atoms with E-state index in [4.69, 9.17) is 11.6 Å². The highest BCUT2D eigenvalue weighted by Gasteiger charge is 2.22. The van der Waals surface area contributed by atoms with E-state index in [2.05, 4.69) is 17.3 Å². The molecule has 1 N–H and O–H groups in total. The highest BCUT2D eigenvalue weighted by molar-refractivity contribution is 6.35. The van der Waals surface area contributed by atoms with Gasteiger partial charge in [-0.15, -0.1) is 0 Å². The first-order valence-electron chi connectivity index (χ1n) is 6.88. The first kappa shape index (κ1) is 15.7. The van der Waals surface area contributed by atoms with Gasteiger partial charge >= 0.3 is 0 Å². The number of rotatable bonds is 4. The summed E-state index contributed by atoms with van der Waals surface area (Å²) in [6.07, 6.45) is 2.20. The smallest absolute Gasteiger partial charge is 0.288 e. The van der Waals surface area contributed by atoms with E-state index in [-0.39, 0.29) is 22.2 Å². The van der Waals surface area contributed by atoms with Crippen LogP contribution in [0, 0.1) is 16.0 Å². The number of halogens is 1. The molecule has 1 aliphatic heterocycles. The first-order chi connectivity index (χ1) is 9.99. The molecule has 114 valence electrons. The molecule has 7 heteroatoms. The summed E-state index contributed by atoms with van der Waals surface area (Å²) in [6, 6.07) is 4.25. The summed E-state index contributed by atoms with van der Waals surface area (Å²) >= 11 is 5.93. The van der Waals surface area contributed by atoms with Crippen LogP contribution in [0.1, 0.15) is 23.2 Å². The van der Waals surface area contributed by atoms with Gasteiger partial charge in [0.1, 0.15) is 5.02 Å². The summed E-state index contributed by atoms with van der Waals surface area (Å²) in [4.78, 5) is 24.6. The van der Waals surface area contributed by atoms with E-state index < -0.39 is 4.92 Å². The molecule has 0 saturated carbocycles. The summed E-state index contributed by atoms with van der Waals surface area (Å²) in [7, 11) is 2.06. The van der Waals surface area contributed by atoms with E-state index in [1.165, 1.54) is 18.2 Å². The number of benzene rings is 1. The maximum atomic E-state index is 12.1. The highest BCUT2D eigenvalue weighted by Crippen LogP contribution is 2.27. The Kier molecular flexibility index (Phi) is 5.14. The van der Waals surface area contributed by atoms with Crippen molar-refractivity contribution in [3.05, 3.63) is 38.9 Å². The van der Waals surface area contributed by atoms with Gasteiger partial charge in [-0.2, -0.15) is 0 Å². The van der Waals surface area contributed by atoms with Crippen LogP contribution >= 0.6 is 11.6 Å². The van der Waals surface area contributed by atoms with Crippen molar-refractivity contribution in [2.75, 3.05) is 26.7 Å². The molecule has 0 aromatic heterocycles. The van der Waals surface area contributed by atoms with Gasteiger partial charge in [0.05, 0.1) is 10.5 Å². The molecule has 1 aliphatic rings. The van der Waals surface area contributed by atoms with Crippen LogP contribution < -0.4 is 5.32 Å². The fraction of sp³-hybridized carbons (Fsp3) is 0.500. The molecule has 1 fully saturated rings. The number of carbonyl (C=O) groups is 1. The van der Waals surface area contributed by atoms with E-state index >= 15 is 0 Å². The monoisotopic (exact) mass is 311 g/mol. The normalized spacial score (nSPS) is 19.2. The van der Waals surface area contributed by atoms with Crippen LogP contribution in [0.3, 0.4) is 0 Å². The molecule has 6 nitrogen and oxygen atoms in total. The Bertz CT molecular complexity index is 550. The molecule has 1 amide bonds. The molecule has 0 spiro atoms. The Hall–Kier alpha value is -1.66. The molecule has 0 radical (unpaired) electrons. The summed E-state index contributed by atoms with van der Waals surface area (Å²) in [5.74, 6) is 0.0436. The fourth-order valence-corrected chi connectivity index (χ4v) is 2.89. The lowest BCUT2D eigenvalue weighted by Crippen LogP contribution is -2.39. The molecule has 1 unspecified atom stereocenters. The minimum absolute atomic E-state index is 0.110. The number of piperidine rings is 1. The van der Waals surface area contributed by atoms with Crippen LogP contribution in [0.15, 0.2) is 18.2 Å². The minimum Gasteiger partial charge on any atom is -0.352 e. The van der Waals surface area contributed by atoms with Crippen molar-refractivity contribution in [2.24, 2.45) is 5.92 Å². The van der Waals surface area contributed by atoms with E-state index in [1.54, 1.807) is 0 Å². The average molecular weight is 312 g/mol. The average Bonchev–Trinajstić information content (AvgIpc) is 2.45. The van der Waals surface area contributed by atoms with Gasteiger partial charge in [0.2, 0.25) is 0 Å². The van der Waals surface area contributed by atoms with E-state index in [0.29, 0.717) is 12.5 Å². The molecule has 0 aliphatic carbocycles. The molecule has 1 saturated heterocycles. The Morgan fingerprint density at radius 3 is 3.00 bits per heavy atom. The number of nitro groups is 1. The van der Waals surface area contributed by atoms with Crippen LogP contribution in [0.4, 0.5) is 5.69 Å². The fourth-order valence-electron chi connectivity index (χ4n) is 2.61. The quantitative estimate of drug-likeness (QED) is 0.684.